The van der Waals surface area contributed by atoms with Gasteiger partial charge in [0.25, 0.3) is 0 Å². The van der Waals surface area contributed by atoms with Crippen molar-refractivity contribution in [2.75, 3.05) is 6.61 Å². The lowest BCUT2D eigenvalue weighted by Crippen LogP contribution is -2.23. The van der Waals surface area contributed by atoms with Crippen LogP contribution in [0.5, 0.6) is 0 Å². The molecule has 7 nitrogen and oxygen atoms in total. The molecule has 1 aromatic carbocycles. The highest BCUT2D eigenvalue weighted by atomic mass is 19.1. The Kier molecular flexibility index (Phi) is 6.28. The van der Waals surface area contributed by atoms with Gasteiger partial charge in [0.05, 0.1) is 17.8 Å². The van der Waals surface area contributed by atoms with Gasteiger partial charge in [-0.3, -0.25) is 4.68 Å². The van der Waals surface area contributed by atoms with Gasteiger partial charge in [-0.1, -0.05) is 0 Å². The van der Waals surface area contributed by atoms with E-state index in [1.165, 1.54) is 25.0 Å². The quantitative estimate of drug-likeness (QED) is 0.416. The summed E-state index contributed by atoms with van der Waals surface area (Å²) in [5.41, 5.74) is 2.08. The first kappa shape index (κ1) is 22.5. The van der Waals surface area contributed by atoms with Crippen LogP contribution in [0.15, 0.2) is 42.9 Å². The smallest absolute Gasteiger partial charge is 0.182 e. The Bertz CT molecular complexity index is 1290. The van der Waals surface area contributed by atoms with E-state index in [2.05, 4.69) is 25.0 Å². The summed E-state index contributed by atoms with van der Waals surface area (Å²) in [5, 5.41) is 4.09. The molecule has 2 aliphatic rings. The van der Waals surface area contributed by atoms with Crippen molar-refractivity contribution in [2.24, 2.45) is 0 Å². The molecule has 0 amide bonds. The molecule has 9 heteroatoms. The second-order valence-electron chi connectivity index (χ2n) is 8.86. The molecule has 0 bridgehead atoms. The van der Waals surface area contributed by atoms with Crippen molar-refractivity contribution >= 4 is 11.2 Å². The van der Waals surface area contributed by atoms with Gasteiger partial charge in [-0.2, -0.15) is 5.10 Å². The number of ether oxygens (including phenoxy) is 1. The van der Waals surface area contributed by atoms with Gasteiger partial charge < -0.3 is 4.74 Å². The molecule has 0 radical (unpaired) electrons. The van der Waals surface area contributed by atoms with Crippen molar-refractivity contribution in [3.8, 4) is 11.3 Å². The van der Waals surface area contributed by atoms with Crippen molar-refractivity contribution < 1.29 is 13.5 Å². The van der Waals surface area contributed by atoms with Crippen LogP contribution in [-0.4, -0.2) is 42.4 Å². The maximum Gasteiger partial charge on any atom is 0.182 e. The predicted octanol–water partition coefficient (Wildman–Crippen LogP) is 5.17. The standard InChI is InChI=1S/C19H18F2N4O.C6H8N2/c1-10-9-22-17-16(14-4-3-13(20)8-15(14)21)24-18(25-19(17)23-10)12-5-6-26-11(2)7-12;1-4-7-8(5-1)6-2-3-6/h3-4,8-9,11-12H,5-7H2,1-2H3;1,4-6H,2-3H2/t11-,12-;/m0./s1. The first-order valence-electron chi connectivity index (χ1n) is 11.6. The lowest BCUT2D eigenvalue weighted by molar-refractivity contribution is 0.0173. The Balaban J connectivity index is 0.000000252. The largest absolute Gasteiger partial charge is 0.378 e. The maximum absolute atomic E-state index is 14.4. The Morgan fingerprint density at radius 3 is 2.65 bits per heavy atom. The van der Waals surface area contributed by atoms with Crippen molar-refractivity contribution in [1.29, 1.82) is 0 Å². The molecule has 0 spiro atoms. The average Bonchev–Trinajstić information content (AvgIpc) is 3.52. The van der Waals surface area contributed by atoms with Crippen molar-refractivity contribution in [1.82, 2.24) is 29.7 Å². The summed E-state index contributed by atoms with van der Waals surface area (Å²) in [6.07, 6.45) is 9.78. The van der Waals surface area contributed by atoms with Gasteiger partial charge in [-0.15, -0.1) is 0 Å². The van der Waals surface area contributed by atoms with E-state index in [9.17, 15) is 8.78 Å². The van der Waals surface area contributed by atoms with Crippen molar-refractivity contribution in [2.45, 2.75) is 57.6 Å². The fourth-order valence-corrected chi connectivity index (χ4v) is 4.13. The first-order chi connectivity index (χ1) is 16.5. The number of fused-ring (bicyclic) bond motifs is 1. The number of rotatable bonds is 3. The fraction of sp³-hybridized carbons (Fsp3) is 0.400. The monoisotopic (exact) mass is 464 g/mol. The molecule has 1 saturated carbocycles. The number of nitrogens with zero attached hydrogens (tertiary/aromatic N) is 6. The van der Waals surface area contributed by atoms with Gasteiger partial charge in [-0.25, -0.2) is 28.7 Å². The molecule has 176 valence electrons. The summed E-state index contributed by atoms with van der Waals surface area (Å²) in [4.78, 5) is 18.0. The Morgan fingerprint density at radius 1 is 1.09 bits per heavy atom. The van der Waals surface area contributed by atoms with E-state index < -0.39 is 11.6 Å². The minimum Gasteiger partial charge on any atom is -0.378 e. The number of aryl methyl sites for hydroxylation is 1. The highest BCUT2D eigenvalue weighted by Gasteiger charge is 2.26. The highest BCUT2D eigenvalue weighted by Crippen LogP contribution is 2.34. The van der Waals surface area contributed by atoms with Crippen LogP contribution in [0.25, 0.3) is 22.4 Å². The van der Waals surface area contributed by atoms with Crippen LogP contribution in [0.3, 0.4) is 0 Å². The Morgan fingerprint density at radius 2 is 1.94 bits per heavy atom. The second-order valence-corrected chi connectivity index (χ2v) is 8.86. The number of hydrogen-bond donors (Lipinski definition) is 0. The minimum atomic E-state index is -0.682. The first-order valence-corrected chi connectivity index (χ1v) is 11.6. The Labute approximate surface area is 196 Å². The van der Waals surface area contributed by atoms with E-state index in [0.717, 1.165) is 24.9 Å². The van der Waals surface area contributed by atoms with Gasteiger partial charge in [0.15, 0.2) is 5.65 Å². The second kappa shape index (κ2) is 9.50. The van der Waals surface area contributed by atoms with Gasteiger partial charge in [0.2, 0.25) is 0 Å². The van der Waals surface area contributed by atoms with Crippen LogP contribution < -0.4 is 0 Å². The summed E-state index contributed by atoms with van der Waals surface area (Å²) in [5.74, 6) is -0.609. The summed E-state index contributed by atoms with van der Waals surface area (Å²) in [7, 11) is 0. The lowest BCUT2D eigenvalue weighted by atomic mass is 9.95. The zero-order valence-electron chi connectivity index (χ0n) is 19.2. The van der Waals surface area contributed by atoms with E-state index in [-0.39, 0.29) is 17.6 Å². The average molecular weight is 465 g/mol. The molecule has 3 aromatic heterocycles. The van der Waals surface area contributed by atoms with Crippen LogP contribution >= 0.6 is 0 Å². The van der Waals surface area contributed by atoms with Gasteiger partial charge in [-0.05, 0) is 57.7 Å². The third-order valence-corrected chi connectivity index (χ3v) is 6.03. The molecule has 4 heterocycles. The molecule has 6 rings (SSSR count). The molecular weight excluding hydrogens is 438 g/mol. The lowest BCUT2D eigenvalue weighted by Gasteiger charge is -2.26. The number of aromatic nitrogens is 6. The van der Waals surface area contributed by atoms with Crippen LogP contribution in [-0.2, 0) is 4.74 Å². The molecule has 4 aromatic rings. The molecule has 2 atom stereocenters. The summed E-state index contributed by atoms with van der Waals surface area (Å²) >= 11 is 0. The SMILES string of the molecule is Cc1cnc2c(-c3ccc(F)cc3F)nc([C@H]3CCO[C@@H](C)C3)nc2n1.c1cnn(C2CC2)c1. The van der Waals surface area contributed by atoms with Gasteiger partial charge >= 0.3 is 0 Å². The molecule has 0 N–H and O–H groups in total. The predicted molar refractivity (Wildman–Crippen MR) is 123 cm³/mol. The zero-order chi connectivity index (χ0) is 23.7. The van der Waals surface area contributed by atoms with E-state index in [0.29, 0.717) is 35.0 Å². The highest BCUT2D eigenvalue weighted by molar-refractivity contribution is 5.86. The normalized spacial score (nSPS) is 20.1. The van der Waals surface area contributed by atoms with E-state index in [1.807, 2.05) is 37.0 Å². The van der Waals surface area contributed by atoms with Crippen molar-refractivity contribution in [3.05, 3.63) is 66.0 Å². The molecule has 2 fully saturated rings. The molecule has 0 unspecified atom stereocenters. The third-order valence-electron chi connectivity index (χ3n) is 6.03. The van der Waals surface area contributed by atoms with Crippen molar-refractivity contribution in [3.63, 3.8) is 0 Å². The topological polar surface area (TPSA) is 78.6 Å². The number of benzene rings is 1. The third kappa shape index (κ3) is 4.94. The maximum atomic E-state index is 14.4. The van der Waals surface area contributed by atoms with Crippen LogP contribution in [0.4, 0.5) is 8.78 Å². The number of halogens is 2. The zero-order valence-corrected chi connectivity index (χ0v) is 19.2. The molecular formula is C25H26F2N6O. The van der Waals surface area contributed by atoms with Gasteiger partial charge in [0, 0.05) is 42.7 Å². The number of hydrogen-bond acceptors (Lipinski definition) is 6. The molecule has 1 aliphatic heterocycles. The van der Waals surface area contributed by atoms with E-state index in [4.69, 9.17) is 4.74 Å². The van der Waals surface area contributed by atoms with Gasteiger partial charge in [0.1, 0.15) is 28.7 Å². The van der Waals surface area contributed by atoms with Crippen LogP contribution in [0.1, 0.15) is 56.1 Å². The molecule has 1 saturated heterocycles. The molecule has 1 aliphatic carbocycles. The van der Waals surface area contributed by atoms with Crippen LogP contribution in [0.2, 0.25) is 0 Å². The van der Waals surface area contributed by atoms with Crippen LogP contribution in [0, 0.1) is 18.6 Å². The minimum absolute atomic E-state index is 0.104. The molecule has 34 heavy (non-hydrogen) atoms. The van der Waals surface area contributed by atoms with E-state index in [1.54, 1.807) is 6.20 Å². The summed E-state index contributed by atoms with van der Waals surface area (Å²) < 4.78 is 35.4. The summed E-state index contributed by atoms with van der Waals surface area (Å²) in [6, 6.07) is 6.15. The Hall–Kier alpha value is -3.33. The van der Waals surface area contributed by atoms with E-state index >= 15 is 0 Å². The fourth-order valence-electron chi connectivity index (χ4n) is 4.13. The summed E-state index contributed by atoms with van der Waals surface area (Å²) in [6.45, 7) is 4.47.